The zero-order chi connectivity index (χ0) is 21.4. The molecule has 0 atom stereocenters. The van der Waals surface area contributed by atoms with Gasteiger partial charge in [0.25, 0.3) is 0 Å². The highest BCUT2D eigenvalue weighted by Crippen LogP contribution is 2.34. The Balaban J connectivity index is 1.19. The van der Waals surface area contributed by atoms with Crippen LogP contribution in [0.15, 0.2) is 53.9 Å². The van der Waals surface area contributed by atoms with Crippen LogP contribution in [0, 0.1) is 11.8 Å². The standard InChI is InChI=1S/C26H31FN4/c1-17-9-24(13-28-17)21-7-8-22-12-29-26(11-23(22)10-21)30-18(2)20-5-3-19(4-6-20)14-31-15-25(27)16-31/h7-8,10-13,19-20,25H,2-6,9,14-16H2,1H3,(H,29,30). The number of aromatic nitrogens is 1. The molecule has 2 fully saturated rings. The van der Waals surface area contributed by atoms with Gasteiger partial charge in [-0.1, -0.05) is 18.7 Å². The predicted octanol–water partition coefficient (Wildman–Crippen LogP) is 5.83. The summed E-state index contributed by atoms with van der Waals surface area (Å²) < 4.78 is 13.0. The van der Waals surface area contributed by atoms with Crippen molar-refractivity contribution in [1.29, 1.82) is 0 Å². The number of hydrogen-bond donors (Lipinski definition) is 1. The van der Waals surface area contributed by atoms with Gasteiger partial charge in [-0.25, -0.2) is 9.37 Å². The van der Waals surface area contributed by atoms with Crippen molar-refractivity contribution < 1.29 is 4.39 Å². The van der Waals surface area contributed by atoms with Gasteiger partial charge in [0.05, 0.1) is 0 Å². The molecule has 1 aromatic carbocycles. The number of likely N-dealkylation sites (tertiary alicyclic amines) is 1. The van der Waals surface area contributed by atoms with Gasteiger partial charge in [-0.3, -0.25) is 9.89 Å². The van der Waals surface area contributed by atoms with Crippen molar-refractivity contribution >= 4 is 27.9 Å². The molecule has 2 aliphatic heterocycles. The van der Waals surface area contributed by atoms with Crippen LogP contribution in [0.4, 0.5) is 10.2 Å². The number of alkyl halides is 1. The van der Waals surface area contributed by atoms with Crippen LogP contribution in [0.5, 0.6) is 0 Å². The Morgan fingerprint density at radius 1 is 1.16 bits per heavy atom. The van der Waals surface area contributed by atoms with E-state index in [0.717, 1.165) is 48.4 Å². The molecule has 0 bridgehead atoms. The maximum Gasteiger partial charge on any atom is 0.130 e. The van der Waals surface area contributed by atoms with Crippen LogP contribution in [0.25, 0.3) is 16.3 Å². The normalized spacial score (nSPS) is 24.6. The van der Waals surface area contributed by atoms with Crippen LogP contribution < -0.4 is 5.32 Å². The van der Waals surface area contributed by atoms with Crippen LogP contribution >= 0.6 is 0 Å². The fraction of sp³-hybridized carbons (Fsp3) is 0.462. The number of halogens is 1. The van der Waals surface area contributed by atoms with E-state index in [1.807, 2.05) is 12.4 Å². The Hall–Kier alpha value is -2.53. The van der Waals surface area contributed by atoms with E-state index in [4.69, 9.17) is 0 Å². The van der Waals surface area contributed by atoms with Crippen molar-refractivity contribution in [3.8, 4) is 0 Å². The molecule has 1 N–H and O–H groups in total. The summed E-state index contributed by atoms with van der Waals surface area (Å²) in [6, 6.07) is 8.64. The molecule has 162 valence electrons. The highest BCUT2D eigenvalue weighted by atomic mass is 19.1. The zero-order valence-electron chi connectivity index (χ0n) is 18.3. The molecule has 1 saturated carbocycles. The molecule has 1 aromatic heterocycles. The molecule has 5 rings (SSSR count). The summed E-state index contributed by atoms with van der Waals surface area (Å²) >= 11 is 0. The molecule has 2 aromatic rings. The van der Waals surface area contributed by atoms with Crippen LogP contribution in [-0.4, -0.2) is 41.4 Å². The highest BCUT2D eigenvalue weighted by molar-refractivity contribution is 5.98. The molecule has 0 unspecified atom stereocenters. The first kappa shape index (κ1) is 20.4. The topological polar surface area (TPSA) is 40.5 Å². The van der Waals surface area contributed by atoms with E-state index in [2.05, 4.69) is 58.0 Å². The molecule has 0 spiro atoms. The molecular formula is C26H31FN4. The second-order valence-electron chi connectivity index (χ2n) is 9.51. The lowest BCUT2D eigenvalue weighted by Crippen LogP contribution is -2.50. The number of nitrogens with one attached hydrogen (secondary N) is 1. The molecule has 1 saturated heterocycles. The maximum atomic E-state index is 13.0. The summed E-state index contributed by atoms with van der Waals surface area (Å²) in [5, 5.41) is 5.80. The minimum absolute atomic E-state index is 0.481. The third-order valence-corrected chi connectivity index (χ3v) is 7.04. The fourth-order valence-electron chi connectivity index (χ4n) is 5.12. The van der Waals surface area contributed by atoms with E-state index in [0.29, 0.717) is 24.9 Å². The first-order valence-electron chi connectivity index (χ1n) is 11.5. The number of anilines is 1. The van der Waals surface area contributed by atoms with Crippen molar-refractivity contribution in [1.82, 2.24) is 9.88 Å². The van der Waals surface area contributed by atoms with Gasteiger partial charge >= 0.3 is 0 Å². The highest BCUT2D eigenvalue weighted by Gasteiger charge is 2.30. The molecule has 1 aliphatic carbocycles. The second-order valence-corrected chi connectivity index (χ2v) is 9.51. The van der Waals surface area contributed by atoms with Gasteiger partial charge in [-0.05, 0) is 73.1 Å². The number of allylic oxidation sites excluding steroid dienone is 2. The second kappa shape index (κ2) is 8.54. The summed E-state index contributed by atoms with van der Waals surface area (Å²) in [5.74, 6) is 2.04. The SMILES string of the molecule is C=C(Nc1cc2cc(C3=CN=C(C)C3)ccc2cn1)C1CCC(CN2CC(F)C2)CC1. The van der Waals surface area contributed by atoms with Crippen LogP contribution in [0.1, 0.15) is 44.6 Å². The van der Waals surface area contributed by atoms with E-state index in [-0.39, 0.29) is 0 Å². The Morgan fingerprint density at radius 2 is 1.97 bits per heavy atom. The number of fused-ring (bicyclic) bond motifs is 1. The number of rotatable bonds is 6. The third-order valence-electron chi connectivity index (χ3n) is 7.04. The Labute approximate surface area is 184 Å². The van der Waals surface area contributed by atoms with E-state index < -0.39 is 6.17 Å². The smallest absolute Gasteiger partial charge is 0.130 e. The van der Waals surface area contributed by atoms with Crippen molar-refractivity contribution in [2.24, 2.45) is 16.8 Å². The summed E-state index contributed by atoms with van der Waals surface area (Å²) in [7, 11) is 0. The summed E-state index contributed by atoms with van der Waals surface area (Å²) in [5.41, 5.74) is 4.72. The minimum atomic E-state index is -0.599. The number of hydrogen-bond acceptors (Lipinski definition) is 4. The lowest BCUT2D eigenvalue weighted by atomic mass is 9.80. The van der Waals surface area contributed by atoms with Crippen LogP contribution in [0.2, 0.25) is 0 Å². The van der Waals surface area contributed by atoms with Crippen molar-refractivity contribution in [2.45, 2.75) is 45.2 Å². The lowest BCUT2D eigenvalue weighted by Gasteiger charge is -2.39. The van der Waals surface area contributed by atoms with Gasteiger partial charge in [-0.15, -0.1) is 0 Å². The van der Waals surface area contributed by atoms with Gasteiger partial charge in [0.1, 0.15) is 12.0 Å². The molecule has 31 heavy (non-hydrogen) atoms. The van der Waals surface area contributed by atoms with Crippen molar-refractivity contribution in [2.75, 3.05) is 25.0 Å². The first-order valence-corrected chi connectivity index (χ1v) is 11.5. The average molecular weight is 419 g/mol. The zero-order valence-corrected chi connectivity index (χ0v) is 18.3. The van der Waals surface area contributed by atoms with Gasteiger partial charge in [0, 0.05) is 55.2 Å². The Morgan fingerprint density at radius 3 is 2.68 bits per heavy atom. The number of pyridine rings is 1. The van der Waals surface area contributed by atoms with Gasteiger partial charge in [0.15, 0.2) is 0 Å². The molecule has 3 heterocycles. The summed E-state index contributed by atoms with van der Waals surface area (Å²) in [6.07, 6.45) is 8.93. The van der Waals surface area contributed by atoms with Gasteiger partial charge in [0.2, 0.25) is 0 Å². The fourth-order valence-corrected chi connectivity index (χ4v) is 5.12. The quantitative estimate of drug-likeness (QED) is 0.642. The third kappa shape index (κ3) is 4.57. The van der Waals surface area contributed by atoms with E-state index in [1.54, 1.807) is 0 Å². The minimum Gasteiger partial charge on any atom is -0.344 e. The van der Waals surface area contributed by atoms with Crippen molar-refractivity contribution in [3.05, 3.63) is 54.5 Å². The van der Waals surface area contributed by atoms with E-state index in [9.17, 15) is 4.39 Å². The van der Waals surface area contributed by atoms with Gasteiger partial charge < -0.3 is 5.32 Å². The first-order chi connectivity index (χ1) is 15.0. The van der Waals surface area contributed by atoms with Crippen LogP contribution in [0.3, 0.4) is 0 Å². The Kier molecular flexibility index (Phi) is 5.61. The van der Waals surface area contributed by atoms with Crippen molar-refractivity contribution in [3.63, 3.8) is 0 Å². The number of aliphatic imine (C=N–C) groups is 1. The molecule has 0 radical (unpaired) electrons. The summed E-state index contributed by atoms with van der Waals surface area (Å²) in [4.78, 5) is 11.3. The molecule has 4 nitrogen and oxygen atoms in total. The average Bonchev–Trinajstić information content (AvgIpc) is 3.19. The molecule has 0 amide bonds. The van der Waals surface area contributed by atoms with Gasteiger partial charge in [-0.2, -0.15) is 0 Å². The molecular weight excluding hydrogens is 387 g/mol. The maximum absolute atomic E-state index is 13.0. The van der Waals surface area contributed by atoms with E-state index in [1.165, 1.54) is 29.4 Å². The van der Waals surface area contributed by atoms with E-state index >= 15 is 0 Å². The number of benzene rings is 1. The summed E-state index contributed by atoms with van der Waals surface area (Å²) in [6.45, 7) is 8.72. The van der Waals surface area contributed by atoms with Crippen LogP contribution in [-0.2, 0) is 0 Å². The Bertz CT molecular complexity index is 1040. The largest absolute Gasteiger partial charge is 0.344 e. The molecule has 5 heteroatoms. The predicted molar refractivity (Wildman–Crippen MR) is 127 cm³/mol. The number of nitrogens with zero attached hydrogens (tertiary/aromatic N) is 3. The monoisotopic (exact) mass is 418 g/mol. The lowest BCUT2D eigenvalue weighted by molar-refractivity contribution is 0.0441. The molecule has 3 aliphatic rings.